The van der Waals surface area contributed by atoms with Crippen molar-refractivity contribution in [1.82, 2.24) is 25.2 Å². The van der Waals surface area contributed by atoms with Crippen LogP contribution in [0.15, 0.2) is 53.7 Å². The summed E-state index contributed by atoms with van der Waals surface area (Å²) in [4.78, 5) is 7.29. The molecule has 0 radical (unpaired) electrons. The molecule has 7 nitrogen and oxygen atoms in total. The molecule has 3 aromatic rings. The first-order chi connectivity index (χ1) is 15.2. The van der Waals surface area contributed by atoms with Gasteiger partial charge in [-0.3, -0.25) is 9.39 Å². The number of aliphatic imine (C=N–C) groups is 1. The number of rotatable bonds is 7. The minimum absolute atomic E-state index is 0.397. The molecular formula is C24H33N7. The summed E-state index contributed by atoms with van der Waals surface area (Å²) in [5.41, 5.74) is 3.50. The van der Waals surface area contributed by atoms with E-state index < -0.39 is 0 Å². The third-order valence-corrected chi connectivity index (χ3v) is 5.72. The van der Waals surface area contributed by atoms with Gasteiger partial charge in [0, 0.05) is 50.5 Å². The van der Waals surface area contributed by atoms with E-state index in [-0.39, 0.29) is 0 Å². The summed E-state index contributed by atoms with van der Waals surface area (Å²) in [5.74, 6) is 1.90. The van der Waals surface area contributed by atoms with Crippen molar-refractivity contribution in [1.29, 1.82) is 0 Å². The standard InChI is InChI=1S/C24H33N7/c1-3-25-24(26-15-6-10-23-29-28-22-9-4-5-17-31(22)23)27-20-8-7-16-30(18-20)21-13-11-19(2)12-14-21/h4-5,9,11-14,17,20H,3,6-8,10,15-16,18H2,1-2H3,(H2,25,26,27). The second-order valence-corrected chi connectivity index (χ2v) is 8.17. The molecule has 2 N–H and O–H groups in total. The van der Waals surface area contributed by atoms with E-state index in [1.54, 1.807) is 0 Å². The Morgan fingerprint density at radius 1 is 1.16 bits per heavy atom. The first-order valence-electron chi connectivity index (χ1n) is 11.4. The molecule has 1 aliphatic heterocycles. The first-order valence-corrected chi connectivity index (χ1v) is 11.4. The average Bonchev–Trinajstić information content (AvgIpc) is 3.21. The molecule has 0 aliphatic carbocycles. The Kier molecular flexibility index (Phi) is 7.02. The largest absolute Gasteiger partial charge is 0.369 e. The minimum atomic E-state index is 0.397. The zero-order valence-corrected chi connectivity index (χ0v) is 18.6. The average molecular weight is 420 g/mol. The number of nitrogens with one attached hydrogen (secondary N) is 2. The van der Waals surface area contributed by atoms with Gasteiger partial charge >= 0.3 is 0 Å². The van der Waals surface area contributed by atoms with Crippen LogP contribution in [0, 0.1) is 6.92 Å². The number of aromatic nitrogens is 3. The fourth-order valence-corrected chi connectivity index (χ4v) is 4.09. The Hall–Kier alpha value is -3.09. The Bertz CT molecular complexity index is 993. The number of nitrogens with zero attached hydrogens (tertiary/aromatic N) is 5. The van der Waals surface area contributed by atoms with Crippen molar-refractivity contribution in [2.45, 2.75) is 45.6 Å². The number of benzene rings is 1. The highest BCUT2D eigenvalue weighted by atomic mass is 15.2. The van der Waals surface area contributed by atoms with Gasteiger partial charge in [-0.1, -0.05) is 23.8 Å². The molecule has 0 bridgehead atoms. The lowest BCUT2D eigenvalue weighted by molar-refractivity contribution is 0.468. The van der Waals surface area contributed by atoms with Crippen LogP contribution in [0.1, 0.15) is 37.6 Å². The molecule has 0 amide bonds. The monoisotopic (exact) mass is 419 g/mol. The summed E-state index contributed by atoms with van der Waals surface area (Å²) in [7, 11) is 0. The highest BCUT2D eigenvalue weighted by molar-refractivity contribution is 5.80. The molecule has 0 spiro atoms. The van der Waals surface area contributed by atoms with Gasteiger partial charge in [-0.2, -0.15) is 0 Å². The summed E-state index contributed by atoms with van der Waals surface area (Å²) in [6.45, 7) is 7.97. The molecule has 1 atom stereocenters. The topological polar surface area (TPSA) is 69.8 Å². The van der Waals surface area contributed by atoms with Gasteiger partial charge in [-0.05, 0) is 57.4 Å². The van der Waals surface area contributed by atoms with E-state index >= 15 is 0 Å². The Morgan fingerprint density at radius 2 is 2.03 bits per heavy atom. The molecule has 0 saturated carbocycles. The Morgan fingerprint density at radius 3 is 2.87 bits per heavy atom. The van der Waals surface area contributed by atoms with E-state index in [1.807, 2.05) is 24.4 Å². The van der Waals surface area contributed by atoms with Crippen LogP contribution < -0.4 is 15.5 Å². The summed E-state index contributed by atoms with van der Waals surface area (Å²) >= 11 is 0. The summed E-state index contributed by atoms with van der Waals surface area (Å²) < 4.78 is 2.05. The number of anilines is 1. The molecule has 1 unspecified atom stereocenters. The van der Waals surface area contributed by atoms with Crippen molar-refractivity contribution in [3.05, 3.63) is 60.0 Å². The molecule has 7 heteroatoms. The van der Waals surface area contributed by atoms with Crippen LogP contribution >= 0.6 is 0 Å². The van der Waals surface area contributed by atoms with Crippen molar-refractivity contribution in [3.8, 4) is 0 Å². The van der Waals surface area contributed by atoms with Gasteiger partial charge in [0.2, 0.25) is 0 Å². The Balaban J connectivity index is 1.31. The van der Waals surface area contributed by atoms with Crippen molar-refractivity contribution in [2.75, 3.05) is 31.1 Å². The van der Waals surface area contributed by atoms with Gasteiger partial charge in [0.1, 0.15) is 5.82 Å². The van der Waals surface area contributed by atoms with E-state index in [2.05, 4.69) is 68.2 Å². The normalized spacial score (nSPS) is 17.2. The lowest BCUT2D eigenvalue weighted by Crippen LogP contribution is -2.51. The molecule has 31 heavy (non-hydrogen) atoms. The molecule has 164 valence electrons. The second kappa shape index (κ2) is 10.3. The fraction of sp³-hybridized carbons (Fsp3) is 0.458. The second-order valence-electron chi connectivity index (χ2n) is 8.17. The van der Waals surface area contributed by atoms with E-state index in [0.717, 1.165) is 56.5 Å². The molecule has 1 aliphatic rings. The smallest absolute Gasteiger partial charge is 0.191 e. The fourth-order valence-electron chi connectivity index (χ4n) is 4.09. The summed E-state index contributed by atoms with van der Waals surface area (Å²) in [5, 5.41) is 15.6. The van der Waals surface area contributed by atoms with Crippen molar-refractivity contribution in [2.24, 2.45) is 4.99 Å². The minimum Gasteiger partial charge on any atom is -0.369 e. The number of guanidine groups is 1. The maximum Gasteiger partial charge on any atom is 0.191 e. The van der Waals surface area contributed by atoms with Gasteiger partial charge in [0.15, 0.2) is 11.6 Å². The van der Waals surface area contributed by atoms with E-state index in [9.17, 15) is 0 Å². The molecule has 1 aromatic carbocycles. The molecule has 2 aromatic heterocycles. The van der Waals surface area contributed by atoms with Crippen LogP contribution in [-0.4, -0.2) is 52.8 Å². The SMILES string of the molecule is CCNC(=NCCCc1nnc2ccccn12)NC1CCCN(c2ccc(C)cc2)C1. The zero-order chi connectivity index (χ0) is 21.5. The Labute approximate surface area is 184 Å². The maximum absolute atomic E-state index is 4.81. The summed E-state index contributed by atoms with van der Waals surface area (Å²) in [6.07, 6.45) is 6.16. The molecule has 4 rings (SSSR count). The van der Waals surface area contributed by atoms with Crippen LogP contribution in [0.25, 0.3) is 5.65 Å². The summed E-state index contributed by atoms with van der Waals surface area (Å²) in [6, 6.07) is 15.2. The number of piperidine rings is 1. The quantitative estimate of drug-likeness (QED) is 0.350. The number of pyridine rings is 1. The maximum atomic E-state index is 4.81. The molecular weight excluding hydrogens is 386 g/mol. The van der Waals surface area contributed by atoms with Gasteiger partial charge in [-0.25, -0.2) is 0 Å². The highest BCUT2D eigenvalue weighted by Gasteiger charge is 2.21. The van der Waals surface area contributed by atoms with Crippen molar-refractivity contribution in [3.63, 3.8) is 0 Å². The van der Waals surface area contributed by atoms with Gasteiger partial charge in [0.05, 0.1) is 0 Å². The lowest BCUT2D eigenvalue weighted by atomic mass is 10.0. The van der Waals surface area contributed by atoms with Crippen LogP contribution in [0.5, 0.6) is 0 Å². The third kappa shape index (κ3) is 5.54. The number of hydrogen-bond donors (Lipinski definition) is 2. The van der Waals surface area contributed by atoms with E-state index in [1.165, 1.54) is 24.1 Å². The van der Waals surface area contributed by atoms with E-state index in [4.69, 9.17) is 4.99 Å². The number of hydrogen-bond acceptors (Lipinski definition) is 4. The molecule has 1 fully saturated rings. The zero-order valence-electron chi connectivity index (χ0n) is 18.6. The van der Waals surface area contributed by atoms with Gasteiger partial charge < -0.3 is 15.5 Å². The lowest BCUT2D eigenvalue weighted by Gasteiger charge is -2.35. The predicted molar refractivity (Wildman–Crippen MR) is 127 cm³/mol. The van der Waals surface area contributed by atoms with Crippen molar-refractivity contribution >= 4 is 17.3 Å². The molecule has 3 heterocycles. The number of fused-ring (bicyclic) bond motifs is 1. The van der Waals surface area contributed by atoms with Gasteiger partial charge in [-0.15, -0.1) is 10.2 Å². The van der Waals surface area contributed by atoms with Crippen LogP contribution in [0.4, 0.5) is 5.69 Å². The number of aryl methyl sites for hydroxylation is 2. The van der Waals surface area contributed by atoms with E-state index in [0.29, 0.717) is 6.04 Å². The molecule has 1 saturated heterocycles. The van der Waals surface area contributed by atoms with Crippen LogP contribution in [0.2, 0.25) is 0 Å². The van der Waals surface area contributed by atoms with Crippen molar-refractivity contribution < 1.29 is 0 Å². The van der Waals surface area contributed by atoms with Crippen LogP contribution in [0.3, 0.4) is 0 Å². The third-order valence-electron chi connectivity index (χ3n) is 5.72. The highest BCUT2D eigenvalue weighted by Crippen LogP contribution is 2.20. The van der Waals surface area contributed by atoms with Gasteiger partial charge in [0.25, 0.3) is 0 Å². The first kappa shape index (κ1) is 21.2. The van der Waals surface area contributed by atoms with Crippen LogP contribution in [-0.2, 0) is 6.42 Å². The predicted octanol–water partition coefficient (Wildman–Crippen LogP) is 3.19.